The normalized spacial score (nSPS) is 18.1. The molecule has 4 rings (SSSR count). The second kappa shape index (κ2) is 9.90. The molecule has 1 aliphatic rings. The Morgan fingerprint density at radius 1 is 1.22 bits per heavy atom. The van der Waals surface area contributed by atoms with Crippen molar-refractivity contribution in [2.75, 3.05) is 24.9 Å². The van der Waals surface area contributed by atoms with Crippen molar-refractivity contribution in [2.45, 2.75) is 37.7 Å². The number of aliphatic hydroxyl groups is 1. The molecule has 3 aromatic rings. The van der Waals surface area contributed by atoms with E-state index in [4.69, 9.17) is 21.1 Å². The van der Waals surface area contributed by atoms with Gasteiger partial charge in [-0.15, -0.1) is 0 Å². The third-order valence-corrected chi connectivity index (χ3v) is 6.31. The van der Waals surface area contributed by atoms with E-state index in [0.717, 1.165) is 0 Å². The molecular weight excluding hydrogens is 501 g/mol. The van der Waals surface area contributed by atoms with Gasteiger partial charge in [0, 0.05) is 12.1 Å². The van der Waals surface area contributed by atoms with Crippen molar-refractivity contribution in [1.82, 2.24) is 9.78 Å². The number of halogens is 4. The second-order valence-corrected chi connectivity index (χ2v) is 8.69. The number of fused-ring (bicyclic) bond motifs is 1. The molecule has 192 valence electrons. The predicted molar refractivity (Wildman–Crippen MR) is 128 cm³/mol. The average Bonchev–Trinajstić information content (AvgIpc) is 3.18. The highest BCUT2D eigenvalue weighted by atomic mass is 35.5. The molecule has 3 atom stereocenters. The molecule has 0 fully saturated rings. The van der Waals surface area contributed by atoms with E-state index in [1.165, 1.54) is 14.2 Å². The summed E-state index contributed by atoms with van der Waals surface area (Å²) in [6.07, 6.45) is -5.81. The standard InChI is InChI=1S/C24H24ClF3N4O4/c1-12(33)13-5-4-6-15(9-13)29-23(34)21-20(25)22-30-16(11-19(24(26,27)28)32(22)31-21)14-7-8-17(35-2)18(10-14)36-3/h4-10,12,16,19,30,33H,11H2,1-3H3,(H,29,34)/t12-,16-,19-/m1/s1. The number of alkyl halides is 3. The fourth-order valence-corrected chi connectivity index (χ4v) is 4.35. The Labute approximate surface area is 210 Å². The van der Waals surface area contributed by atoms with Crippen LogP contribution in [0.25, 0.3) is 0 Å². The van der Waals surface area contributed by atoms with Crippen molar-refractivity contribution in [2.24, 2.45) is 0 Å². The molecule has 0 bridgehead atoms. The summed E-state index contributed by atoms with van der Waals surface area (Å²) in [7, 11) is 2.89. The SMILES string of the molecule is COc1ccc([C@H]2C[C@H](C(F)(F)F)n3nc(C(=O)Nc4cccc([C@@H](C)O)c4)c(Cl)c3N2)cc1OC. The van der Waals surface area contributed by atoms with E-state index in [9.17, 15) is 23.1 Å². The molecule has 1 aromatic heterocycles. The van der Waals surface area contributed by atoms with E-state index in [1.54, 1.807) is 49.4 Å². The summed E-state index contributed by atoms with van der Waals surface area (Å²) < 4.78 is 53.4. The molecule has 0 unspecified atom stereocenters. The Morgan fingerprint density at radius 3 is 2.58 bits per heavy atom. The van der Waals surface area contributed by atoms with Crippen LogP contribution in [0.5, 0.6) is 11.5 Å². The molecule has 1 aliphatic heterocycles. The van der Waals surface area contributed by atoms with E-state index in [1.807, 2.05) is 0 Å². The summed E-state index contributed by atoms with van der Waals surface area (Å²) in [4.78, 5) is 12.9. The Kier molecular flexibility index (Phi) is 7.05. The van der Waals surface area contributed by atoms with Gasteiger partial charge in [0.15, 0.2) is 23.2 Å². The van der Waals surface area contributed by atoms with E-state index in [-0.39, 0.29) is 23.0 Å². The van der Waals surface area contributed by atoms with E-state index >= 15 is 0 Å². The van der Waals surface area contributed by atoms with Gasteiger partial charge in [-0.25, -0.2) is 4.68 Å². The zero-order chi connectivity index (χ0) is 26.2. The number of benzene rings is 2. The van der Waals surface area contributed by atoms with Gasteiger partial charge in [0.05, 0.1) is 26.4 Å². The molecule has 36 heavy (non-hydrogen) atoms. The van der Waals surface area contributed by atoms with Gasteiger partial charge < -0.3 is 25.2 Å². The molecule has 1 amide bonds. The fraction of sp³-hybridized carbons (Fsp3) is 0.333. The number of rotatable bonds is 6. The largest absolute Gasteiger partial charge is 0.493 e. The van der Waals surface area contributed by atoms with Gasteiger partial charge in [-0.05, 0) is 42.3 Å². The minimum Gasteiger partial charge on any atom is -0.493 e. The predicted octanol–water partition coefficient (Wildman–Crippen LogP) is 5.52. The molecule has 0 spiro atoms. The lowest BCUT2D eigenvalue weighted by molar-refractivity contribution is -0.173. The fourth-order valence-electron chi connectivity index (χ4n) is 4.09. The molecule has 2 aromatic carbocycles. The summed E-state index contributed by atoms with van der Waals surface area (Å²) in [6.45, 7) is 1.57. The smallest absolute Gasteiger partial charge is 0.410 e. The lowest BCUT2D eigenvalue weighted by Gasteiger charge is -2.33. The van der Waals surface area contributed by atoms with Gasteiger partial charge in [0.1, 0.15) is 10.8 Å². The number of amides is 1. The zero-order valence-electron chi connectivity index (χ0n) is 19.6. The van der Waals surface area contributed by atoms with Crippen molar-refractivity contribution in [3.8, 4) is 11.5 Å². The first-order valence-electron chi connectivity index (χ1n) is 11.0. The van der Waals surface area contributed by atoms with Crippen LogP contribution >= 0.6 is 11.6 Å². The quantitative estimate of drug-likeness (QED) is 0.393. The Morgan fingerprint density at radius 2 is 1.94 bits per heavy atom. The summed E-state index contributed by atoms with van der Waals surface area (Å²) >= 11 is 6.40. The highest BCUT2D eigenvalue weighted by Gasteiger charge is 2.48. The zero-order valence-corrected chi connectivity index (χ0v) is 20.3. The van der Waals surface area contributed by atoms with Gasteiger partial charge in [0.2, 0.25) is 0 Å². The van der Waals surface area contributed by atoms with Crippen molar-refractivity contribution >= 4 is 29.0 Å². The number of aromatic nitrogens is 2. The van der Waals surface area contributed by atoms with Crippen LogP contribution in [0.3, 0.4) is 0 Å². The van der Waals surface area contributed by atoms with Gasteiger partial charge in [-0.2, -0.15) is 18.3 Å². The third-order valence-electron chi connectivity index (χ3n) is 5.95. The lowest BCUT2D eigenvalue weighted by Crippen LogP contribution is -2.35. The summed E-state index contributed by atoms with van der Waals surface area (Å²) in [5, 5.41) is 19.0. The van der Waals surface area contributed by atoms with Crippen molar-refractivity contribution in [3.05, 3.63) is 64.3 Å². The average molecular weight is 525 g/mol. The van der Waals surface area contributed by atoms with Crippen LogP contribution in [0.4, 0.5) is 24.7 Å². The molecule has 0 aliphatic carbocycles. The third kappa shape index (κ3) is 4.93. The summed E-state index contributed by atoms with van der Waals surface area (Å²) in [5.41, 5.74) is 1.05. The number of methoxy groups -OCH3 is 2. The second-order valence-electron chi connectivity index (χ2n) is 8.32. The van der Waals surface area contributed by atoms with E-state index in [2.05, 4.69) is 15.7 Å². The van der Waals surface area contributed by atoms with Crippen molar-refractivity contribution in [3.63, 3.8) is 0 Å². The van der Waals surface area contributed by atoms with Crippen LogP contribution in [-0.2, 0) is 0 Å². The van der Waals surface area contributed by atoms with Crippen LogP contribution in [0.2, 0.25) is 5.02 Å². The van der Waals surface area contributed by atoms with E-state index in [0.29, 0.717) is 33.0 Å². The van der Waals surface area contributed by atoms with Crippen LogP contribution < -0.4 is 20.1 Å². The molecule has 2 heterocycles. The number of ether oxygens (including phenoxy) is 2. The Bertz CT molecular complexity index is 1280. The summed E-state index contributed by atoms with van der Waals surface area (Å²) in [5.74, 6) is -0.0981. The maximum absolute atomic E-state index is 14.1. The maximum Gasteiger partial charge on any atom is 0.410 e. The molecule has 8 nitrogen and oxygen atoms in total. The highest BCUT2D eigenvalue weighted by molar-refractivity contribution is 6.36. The number of aliphatic hydroxyl groups excluding tert-OH is 1. The van der Waals surface area contributed by atoms with E-state index < -0.39 is 30.3 Å². The van der Waals surface area contributed by atoms with Gasteiger partial charge in [-0.3, -0.25) is 4.79 Å². The number of nitrogens with one attached hydrogen (secondary N) is 2. The number of anilines is 2. The minimum atomic E-state index is -4.65. The summed E-state index contributed by atoms with van der Waals surface area (Å²) in [6, 6.07) is 8.45. The molecule has 0 radical (unpaired) electrons. The first-order valence-corrected chi connectivity index (χ1v) is 11.3. The van der Waals surface area contributed by atoms with Gasteiger partial charge in [-0.1, -0.05) is 29.8 Å². The molecular formula is C24H24ClF3N4O4. The Hall–Kier alpha value is -3.44. The van der Waals surface area contributed by atoms with Gasteiger partial charge >= 0.3 is 6.18 Å². The lowest BCUT2D eigenvalue weighted by atomic mass is 9.96. The topological polar surface area (TPSA) is 97.6 Å². The van der Waals surface area contributed by atoms with Crippen molar-refractivity contribution < 1.29 is 32.5 Å². The van der Waals surface area contributed by atoms with Gasteiger partial charge in [0.25, 0.3) is 5.91 Å². The Balaban J connectivity index is 1.69. The van der Waals surface area contributed by atoms with Crippen LogP contribution in [0, 0.1) is 0 Å². The number of nitrogens with zero attached hydrogens (tertiary/aromatic N) is 2. The van der Waals surface area contributed by atoms with Crippen LogP contribution in [0.15, 0.2) is 42.5 Å². The first kappa shape index (κ1) is 25.6. The number of carbonyl (C=O) groups is 1. The molecule has 3 N–H and O–H groups in total. The molecule has 0 saturated carbocycles. The number of hydrogen-bond donors (Lipinski definition) is 3. The van der Waals surface area contributed by atoms with Crippen LogP contribution in [-0.4, -0.2) is 41.2 Å². The highest BCUT2D eigenvalue weighted by Crippen LogP contribution is 2.47. The monoisotopic (exact) mass is 524 g/mol. The number of hydrogen-bond acceptors (Lipinski definition) is 6. The van der Waals surface area contributed by atoms with Crippen molar-refractivity contribution in [1.29, 1.82) is 0 Å². The maximum atomic E-state index is 14.1. The molecule has 0 saturated heterocycles. The molecule has 12 heteroatoms. The van der Waals surface area contributed by atoms with Crippen LogP contribution in [0.1, 0.15) is 53.1 Å². The first-order chi connectivity index (χ1) is 17.0. The minimum absolute atomic E-state index is 0.118. The number of carbonyl (C=O) groups excluding carboxylic acids is 1.